The van der Waals surface area contributed by atoms with E-state index in [4.69, 9.17) is 0 Å². The first-order valence-corrected chi connectivity index (χ1v) is 44.3. The van der Waals surface area contributed by atoms with Crippen molar-refractivity contribution in [2.75, 3.05) is 0 Å². The van der Waals surface area contributed by atoms with Crippen molar-refractivity contribution in [3.05, 3.63) is 385 Å². The van der Waals surface area contributed by atoms with Gasteiger partial charge in [0.1, 0.15) is 0 Å². The molecule has 108 heavy (non-hydrogen) atoms. The lowest BCUT2D eigenvalue weighted by molar-refractivity contribution is 0.607. The lowest BCUT2D eigenvalue weighted by Crippen LogP contribution is -2.33. The van der Waals surface area contributed by atoms with E-state index < -0.39 is 21.7 Å². The lowest BCUT2D eigenvalue weighted by atomic mass is 9.61. The highest BCUT2D eigenvalue weighted by atomic mass is 127. The van der Waals surface area contributed by atoms with Gasteiger partial charge in [0.05, 0.1) is 21.7 Å². The second kappa shape index (κ2) is 34.7. The molecule has 4 aliphatic carbocycles. The number of fused-ring (bicyclic) bond motifs is 8. The fraction of sp³-hybridized carbons (Fsp3) is 0.340. The van der Waals surface area contributed by atoms with Gasteiger partial charge in [-0.15, -0.1) is 0 Å². The number of aryl methyl sites for hydroxylation is 4. The quantitative estimate of drug-likeness (QED) is 0.0271. The Labute approximate surface area is 676 Å². The third-order valence-electron chi connectivity index (χ3n) is 25.5. The first-order chi connectivity index (χ1) is 53.3. The Morgan fingerprint density at radius 3 is 0.639 bits per heavy atom. The number of benzene rings is 11. The minimum absolute atomic E-state index is 0.740. The van der Waals surface area contributed by atoms with Gasteiger partial charge in [-0.1, -0.05) is 387 Å². The first kappa shape index (κ1) is 75.8. The smallest absolute Gasteiger partial charge is 0.0654 e. The van der Waals surface area contributed by atoms with Gasteiger partial charge in [0.25, 0.3) is 0 Å². The van der Waals surface area contributed by atoms with Gasteiger partial charge in [-0.2, -0.15) is 0 Å². The molecule has 15 rings (SSSR count). The van der Waals surface area contributed by atoms with Gasteiger partial charge in [-0.3, -0.25) is 0 Å². The topological polar surface area (TPSA) is 0 Å². The van der Waals surface area contributed by atoms with E-state index in [-0.39, 0.29) is 0 Å². The highest BCUT2D eigenvalue weighted by molar-refractivity contribution is 14.1. The predicted octanol–water partition coefficient (Wildman–Crippen LogP) is 29.7. The second-order valence-corrected chi connectivity index (χ2v) is 34.6. The zero-order valence-corrected chi connectivity index (χ0v) is 69.3. The molecular formula is C106H112I2. The molecule has 4 aliphatic rings. The van der Waals surface area contributed by atoms with Gasteiger partial charge >= 0.3 is 0 Å². The molecule has 11 aromatic rings. The number of allylic oxidation sites excluding steroid dienone is 4. The Hall–Kier alpha value is -7.64. The summed E-state index contributed by atoms with van der Waals surface area (Å²) in [5.74, 6) is 0. The van der Waals surface area contributed by atoms with E-state index in [2.05, 4.69) is 340 Å². The van der Waals surface area contributed by atoms with Crippen molar-refractivity contribution in [2.45, 2.75) is 229 Å². The maximum atomic E-state index is 2.84. The molecule has 550 valence electrons. The van der Waals surface area contributed by atoms with Crippen LogP contribution in [0.1, 0.15) is 293 Å². The summed E-state index contributed by atoms with van der Waals surface area (Å²) in [5, 5.41) is 0. The van der Waals surface area contributed by atoms with Crippen molar-refractivity contribution < 1.29 is 0 Å². The molecule has 0 fully saturated rings. The Morgan fingerprint density at radius 1 is 0.194 bits per heavy atom. The summed E-state index contributed by atoms with van der Waals surface area (Å²) in [4.78, 5) is 0. The molecule has 0 amide bonds. The third kappa shape index (κ3) is 14.0. The average Bonchev–Trinajstić information content (AvgIpc) is 1.47. The zero-order valence-electron chi connectivity index (χ0n) is 65.0. The Bertz CT molecular complexity index is 4370. The number of rotatable bonds is 36. The van der Waals surface area contributed by atoms with Gasteiger partial charge < -0.3 is 0 Å². The molecule has 0 saturated carbocycles. The van der Waals surface area contributed by atoms with Crippen LogP contribution in [-0.4, -0.2) is 0 Å². The maximum Gasteiger partial charge on any atom is 0.0717 e. The molecule has 2 heteroatoms. The Balaban J connectivity index is 1.05. The molecule has 0 spiro atoms. The van der Waals surface area contributed by atoms with Crippen molar-refractivity contribution >= 4 is 67.5 Å². The molecule has 0 saturated heterocycles. The van der Waals surface area contributed by atoms with Crippen LogP contribution in [0.25, 0.3) is 22.3 Å². The van der Waals surface area contributed by atoms with Crippen LogP contribution in [0.3, 0.4) is 0 Å². The molecule has 0 aliphatic heterocycles. The van der Waals surface area contributed by atoms with Crippen LogP contribution in [0.15, 0.2) is 267 Å². The van der Waals surface area contributed by atoms with Crippen LogP contribution in [0.4, 0.5) is 0 Å². The van der Waals surface area contributed by atoms with E-state index >= 15 is 0 Å². The number of unbranched alkanes of at least 4 members (excludes halogenated alkanes) is 20. The van der Waals surface area contributed by atoms with E-state index in [0.717, 1.165) is 25.7 Å². The molecule has 11 aromatic carbocycles. The number of hydrogen-bond donors (Lipinski definition) is 0. The Morgan fingerprint density at radius 2 is 0.398 bits per heavy atom. The molecule has 0 N–H and O–H groups in total. The van der Waals surface area contributed by atoms with Crippen molar-refractivity contribution in [1.29, 1.82) is 0 Å². The highest BCUT2D eigenvalue weighted by Gasteiger charge is 2.64. The van der Waals surface area contributed by atoms with Gasteiger partial charge in [0, 0.05) is 7.14 Å². The summed E-state index contributed by atoms with van der Waals surface area (Å²) in [7, 11) is 0. The van der Waals surface area contributed by atoms with Crippen LogP contribution in [0.5, 0.6) is 0 Å². The molecule has 0 bridgehead atoms. The molecule has 0 heterocycles. The van der Waals surface area contributed by atoms with Crippen molar-refractivity contribution in [3.63, 3.8) is 0 Å². The largest absolute Gasteiger partial charge is 0.0717 e. The molecular weight excluding hydrogens is 1530 g/mol. The minimum atomic E-state index is -0.785. The summed E-state index contributed by atoms with van der Waals surface area (Å²) in [5.41, 5.74) is 29.5. The fourth-order valence-electron chi connectivity index (χ4n) is 20.3. The zero-order chi connectivity index (χ0) is 73.9. The van der Waals surface area contributed by atoms with Crippen LogP contribution in [0.2, 0.25) is 0 Å². The van der Waals surface area contributed by atoms with Crippen LogP contribution in [0, 0.1) is 7.14 Å². The fourth-order valence-corrected chi connectivity index (χ4v) is 21.3. The summed E-state index contributed by atoms with van der Waals surface area (Å²) < 4.78 is 2.50. The summed E-state index contributed by atoms with van der Waals surface area (Å²) in [6.07, 6.45) is 35.2. The SMILES string of the molecule is CCCCCCCCc1ccc(C2(c3ccc(CCCCCCCC)cc3)C3=C(c4ccc(I)cc42)C(c2ccccc2)(c2ccccc2)c2cc4c(cc23)C(c2ccccc2)(c2ccccc2)C2=C4C(c3ccc(CCCCCCCC)cc3)(c3ccc(CCCCCCCC)cc3)c3cc(I)ccc32)cc1. The first-order valence-electron chi connectivity index (χ1n) is 42.2. The van der Waals surface area contributed by atoms with Crippen LogP contribution in [-0.2, 0) is 47.3 Å². The van der Waals surface area contributed by atoms with Crippen molar-refractivity contribution in [2.24, 2.45) is 0 Å². The monoisotopic (exact) mass is 1640 g/mol. The minimum Gasteiger partial charge on any atom is -0.0654 e. The van der Waals surface area contributed by atoms with E-state index in [0.29, 0.717) is 0 Å². The molecule has 0 radical (unpaired) electrons. The molecule has 0 unspecified atom stereocenters. The summed E-state index contributed by atoms with van der Waals surface area (Å²) in [6, 6.07) is 109. The van der Waals surface area contributed by atoms with Crippen molar-refractivity contribution in [3.8, 4) is 0 Å². The maximum absolute atomic E-state index is 2.84. The average molecular weight is 1640 g/mol. The second-order valence-electron chi connectivity index (χ2n) is 32.1. The van der Waals surface area contributed by atoms with E-state index in [1.165, 1.54) is 295 Å². The van der Waals surface area contributed by atoms with Crippen molar-refractivity contribution in [1.82, 2.24) is 0 Å². The molecule has 0 nitrogen and oxygen atoms in total. The van der Waals surface area contributed by atoms with E-state index in [1.807, 2.05) is 0 Å². The predicted molar refractivity (Wildman–Crippen MR) is 478 cm³/mol. The lowest BCUT2D eigenvalue weighted by Gasteiger charge is -2.40. The van der Waals surface area contributed by atoms with Crippen LogP contribution < -0.4 is 0 Å². The van der Waals surface area contributed by atoms with Gasteiger partial charge in [0.2, 0.25) is 0 Å². The third-order valence-corrected chi connectivity index (χ3v) is 26.8. The summed E-state index contributed by atoms with van der Waals surface area (Å²) in [6.45, 7) is 9.30. The molecule has 0 aromatic heterocycles. The van der Waals surface area contributed by atoms with Gasteiger partial charge in [0.15, 0.2) is 0 Å². The Kier molecular flexibility index (Phi) is 24.4. The normalized spacial score (nSPS) is 15.1. The number of halogens is 2. The van der Waals surface area contributed by atoms with E-state index in [9.17, 15) is 0 Å². The van der Waals surface area contributed by atoms with Gasteiger partial charge in [-0.25, -0.2) is 0 Å². The number of hydrogen-bond acceptors (Lipinski definition) is 0. The van der Waals surface area contributed by atoms with E-state index in [1.54, 1.807) is 0 Å². The van der Waals surface area contributed by atoms with Crippen LogP contribution >= 0.6 is 45.2 Å². The van der Waals surface area contributed by atoms with Gasteiger partial charge in [-0.05, 0) is 267 Å². The summed E-state index contributed by atoms with van der Waals surface area (Å²) >= 11 is 5.28. The highest BCUT2D eigenvalue weighted by Crippen LogP contribution is 2.74. The molecule has 0 atom stereocenters. The standard InChI is InChI=1S/C106H112I2/c1-5-9-13-17-21-29-41-77-53-61-85(62-54-77)105(86-63-55-78(56-64-86)42-30-22-18-14-10-6-2)95-73-89(107)69-71-91(95)99-101(105)93-75-98-94(76-97(93)103(99,81-45-33-25-34-46-81)82-47-35-26-36-48-82)102-100(104(98,83-49-37-27-38-50-83)84-51-39-28-40-52-84)92-72-70-90(108)74-96(92)106(102,87-65-57-79(58-66-87)43-31-23-19-15-11-7-3)88-67-59-80(60-68-88)44-32-24-20-16-12-8-4/h25-28,33-40,45-76H,5-24,29-32,41-44H2,1-4H3.